The van der Waals surface area contributed by atoms with E-state index in [-0.39, 0.29) is 0 Å². The normalized spacial score (nSPS) is 16.6. The molecule has 1 aliphatic heterocycles. The summed E-state index contributed by atoms with van der Waals surface area (Å²) in [5.41, 5.74) is 8.11. The molecule has 1 saturated heterocycles. The fourth-order valence-corrected chi connectivity index (χ4v) is 3.55. The Morgan fingerprint density at radius 1 is 1.40 bits per heavy atom. The number of aromatic nitrogens is 1. The molecule has 0 bridgehead atoms. The van der Waals surface area contributed by atoms with E-state index in [1.54, 1.807) is 0 Å². The van der Waals surface area contributed by atoms with E-state index in [1.807, 2.05) is 17.5 Å². The van der Waals surface area contributed by atoms with E-state index in [1.165, 1.54) is 21.0 Å². The van der Waals surface area contributed by atoms with Gasteiger partial charge in [0.05, 0.1) is 9.88 Å². The first-order valence-corrected chi connectivity index (χ1v) is 7.98. The Balaban J connectivity index is 1.74. The number of thiazole rings is 1. The molecule has 2 heterocycles. The quantitative estimate of drug-likeness (QED) is 0.939. The molecule has 20 heavy (non-hydrogen) atoms. The third-order valence-corrected chi connectivity index (χ3v) is 5.17. The van der Waals surface area contributed by atoms with Gasteiger partial charge in [-0.2, -0.15) is 0 Å². The molecule has 0 atom stereocenters. The molecule has 1 aromatic carbocycles. The Kier molecular flexibility index (Phi) is 3.87. The molecule has 2 aromatic rings. The highest BCUT2D eigenvalue weighted by Crippen LogP contribution is 2.35. The van der Waals surface area contributed by atoms with E-state index in [9.17, 15) is 0 Å². The van der Waals surface area contributed by atoms with E-state index in [4.69, 9.17) is 5.73 Å². The van der Waals surface area contributed by atoms with Gasteiger partial charge in [-0.1, -0.05) is 18.2 Å². The van der Waals surface area contributed by atoms with E-state index in [0.717, 1.165) is 13.1 Å². The van der Waals surface area contributed by atoms with Gasteiger partial charge in [0.1, 0.15) is 0 Å². The van der Waals surface area contributed by atoms with Crippen molar-refractivity contribution in [3.8, 4) is 10.4 Å². The summed E-state index contributed by atoms with van der Waals surface area (Å²) in [5, 5.41) is 1.27. The molecule has 0 spiro atoms. The zero-order valence-electron chi connectivity index (χ0n) is 12.0. The number of hydrogen-bond acceptors (Lipinski definition) is 4. The van der Waals surface area contributed by atoms with Crippen molar-refractivity contribution in [2.24, 2.45) is 5.73 Å². The van der Waals surface area contributed by atoms with Crippen molar-refractivity contribution in [1.82, 2.24) is 9.88 Å². The molecular formula is C16H21N3S. The van der Waals surface area contributed by atoms with Gasteiger partial charge < -0.3 is 5.73 Å². The lowest BCUT2D eigenvalue weighted by Gasteiger charge is -2.41. The molecule has 1 aliphatic rings. The largest absolute Gasteiger partial charge is 0.326 e. The minimum Gasteiger partial charge on any atom is -0.326 e. The SMILES string of the molecule is CC(C)N1CC(c2ncc(-c3cccc(CN)c3)s2)C1. The van der Waals surface area contributed by atoms with Gasteiger partial charge in [0.2, 0.25) is 0 Å². The second-order valence-corrected chi connectivity index (χ2v) is 6.77. The molecule has 1 aromatic heterocycles. The second-order valence-electron chi connectivity index (χ2n) is 5.71. The summed E-state index contributed by atoms with van der Waals surface area (Å²) in [4.78, 5) is 8.36. The Labute approximate surface area is 124 Å². The average Bonchev–Trinajstić information content (AvgIpc) is 2.86. The van der Waals surface area contributed by atoms with E-state index < -0.39 is 0 Å². The van der Waals surface area contributed by atoms with Crippen molar-refractivity contribution in [2.45, 2.75) is 32.4 Å². The fourth-order valence-electron chi connectivity index (χ4n) is 2.55. The maximum absolute atomic E-state index is 5.71. The van der Waals surface area contributed by atoms with Gasteiger partial charge in [-0.25, -0.2) is 4.98 Å². The smallest absolute Gasteiger partial charge is 0.0987 e. The van der Waals surface area contributed by atoms with Crippen LogP contribution in [0.15, 0.2) is 30.5 Å². The van der Waals surface area contributed by atoms with Crippen molar-refractivity contribution in [1.29, 1.82) is 0 Å². The van der Waals surface area contributed by atoms with Crippen LogP contribution in [0.5, 0.6) is 0 Å². The van der Waals surface area contributed by atoms with Gasteiger partial charge in [-0.15, -0.1) is 11.3 Å². The van der Waals surface area contributed by atoms with Crippen LogP contribution in [0.25, 0.3) is 10.4 Å². The van der Waals surface area contributed by atoms with Crippen LogP contribution in [0.1, 0.15) is 30.3 Å². The van der Waals surface area contributed by atoms with Crippen LogP contribution < -0.4 is 5.73 Å². The minimum atomic E-state index is 0.589. The van der Waals surface area contributed by atoms with Crippen LogP contribution in [0, 0.1) is 0 Å². The number of nitrogens with zero attached hydrogens (tertiary/aromatic N) is 2. The third-order valence-electron chi connectivity index (χ3n) is 3.96. The summed E-state index contributed by atoms with van der Waals surface area (Å²) in [6, 6.07) is 9.08. The number of rotatable bonds is 4. The third kappa shape index (κ3) is 2.64. The number of hydrogen-bond donors (Lipinski definition) is 1. The van der Waals surface area contributed by atoms with Crippen LogP contribution in [0.4, 0.5) is 0 Å². The average molecular weight is 287 g/mol. The van der Waals surface area contributed by atoms with E-state index >= 15 is 0 Å². The monoisotopic (exact) mass is 287 g/mol. The van der Waals surface area contributed by atoms with Crippen LogP contribution >= 0.6 is 11.3 Å². The summed E-state index contributed by atoms with van der Waals surface area (Å²) < 4.78 is 0. The molecule has 3 nitrogen and oxygen atoms in total. The van der Waals surface area contributed by atoms with E-state index in [0.29, 0.717) is 18.5 Å². The summed E-state index contributed by atoms with van der Waals surface area (Å²) >= 11 is 1.82. The van der Waals surface area contributed by atoms with Crippen molar-refractivity contribution >= 4 is 11.3 Å². The number of nitrogens with two attached hydrogens (primary N) is 1. The van der Waals surface area contributed by atoms with Crippen molar-refractivity contribution in [2.75, 3.05) is 13.1 Å². The lowest BCUT2D eigenvalue weighted by molar-refractivity contribution is 0.110. The summed E-state index contributed by atoms with van der Waals surface area (Å²) in [6.07, 6.45) is 2.01. The van der Waals surface area contributed by atoms with Crippen molar-refractivity contribution in [3.63, 3.8) is 0 Å². The molecule has 0 saturated carbocycles. The van der Waals surface area contributed by atoms with Gasteiger partial charge in [0, 0.05) is 37.8 Å². The van der Waals surface area contributed by atoms with Crippen LogP contribution in [0.3, 0.4) is 0 Å². The first kappa shape index (κ1) is 13.7. The highest BCUT2D eigenvalue weighted by molar-refractivity contribution is 7.15. The Hall–Kier alpha value is -1.23. The maximum Gasteiger partial charge on any atom is 0.0987 e. The first-order valence-electron chi connectivity index (χ1n) is 7.16. The molecule has 0 amide bonds. The Morgan fingerprint density at radius 3 is 2.90 bits per heavy atom. The first-order chi connectivity index (χ1) is 9.67. The van der Waals surface area contributed by atoms with Gasteiger partial charge >= 0.3 is 0 Å². The second kappa shape index (κ2) is 5.64. The summed E-state index contributed by atoms with van der Waals surface area (Å²) in [7, 11) is 0. The van der Waals surface area contributed by atoms with Gasteiger partial charge in [0.25, 0.3) is 0 Å². The Bertz CT molecular complexity index is 585. The predicted octanol–water partition coefficient (Wildman–Crippen LogP) is 3.08. The molecular weight excluding hydrogens is 266 g/mol. The predicted molar refractivity (Wildman–Crippen MR) is 84.9 cm³/mol. The fraction of sp³-hybridized carbons (Fsp3) is 0.438. The van der Waals surface area contributed by atoms with Gasteiger partial charge in [-0.3, -0.25) is 4.90 Å². The van der Waals surface area contributed by atoms with Crippen LogP contribution in [0.2, 0.25) is 0 Å². The highest BCUT2D eigenvalue weighted by Gasteiger charge is 2.31. The maximum atomic E-state index is 5.71. The zero-order valence-corrected chi connectivity index (χ0v) is 12.9. The molecule has 4 heteroatoms. The van der Waals surface area contributed by atoms with Crippen LogP contribution in [-0.4, -0.2) is 29.0 Å². The number of likely N-dealkylation sites (tertiary alicyclic amines) is 1. The topological polar surface area (TPSA) is 42.2 Å². The van der Waals surface area contributed by atoms with Gasteiger partial charge in [-0.05, 0) is 31.0 Å². The van der Waals surface area contributed by atoms with Gasteiger partial charge in [0.15, 0.2) is 0 Å². The molecule has 1 fully saturated rings. The highest BCUT2D eigenvalue weighted by atomic mass is 32.1. The molecule has 0 aliphatic carbocycles. The van der Waals surface area contributed by atoms with Crippen molar-refractivity contribution < 1.29 is 0 Å². The lowest BCUT2D eigenvalue weighted by Crippen LogP contribution is -2.48. The minimum absolute atomic E-state index is 0.589. The van der Waals surface area contributed by atoms with Crippen molar-refractivity contribution in [3.05, 3.63) is 41.0 Å². The zero-order chi connectivity index (χ0) is 14.1. The molecule has 0 radical (unpaired) electrons. The van der Waals surface area contributed by atoms with E-state index in [2.05, 4.69) is 48.0 Å². The Morgan fingerprint density at radius 2 is 2.20 bits per heavy atom. The number of benzene rings is 1. The summed E-state index contributed by atoms with van der Waals surface area (Å²) in [5.74, 6) is 0.619. The lowest BCUT2D eigenvalue weighted by atomic mass is 9.99. The molecule has 3 rings (SSSR count). The molecule has 0 unspecified atom stereocenters. The molecule has 2 N–H and O–H groups in total. The summed E-state index contributed by atoms with van der Waals surface area (Å²) in [6.45, 7) is 7.38. The van der Waals surface area contributed by atoms with Crippen LogP contribution in [-0.2, 0) is 6.54 Å². The standard InChI is InChI=1S/C16H21N3S/c1-11(2)19-9-14(10-19)16-18-8-15(20-16)13-5-3-4-12(6-13)7-17/h3-6,8,11,14H,7,9-10,17H2,1-2H3. The molecule has 106 valence electrons.